The molecular weight excluding hydrogens is 797 g/mol. The van der Waals surface area contributed by atoms with Gasteiger partial charge in [-0.3, -0.25) is 4.98 Å². The summed E-state index contributed by atoms with van der Waals surface area (Å²) in [5.74, 6) is 0. The normalized spacial score (nSPS) is 11.6. The summed E-state index contributed by atoms with van der Waals surface area (Å²) >= 11 is 0. The van der Waals surface area contributed by atoms with Crippen LogP contribution in [-0.4, -0.2) is 4.98 Å². The number of rotatable bonds is 10. The topological polar surface area (TPSA) is 16.1 Å². The van der Waals surface area contributed by atoms with Gasteiger partial charge in [-0.15, -0.1) is 0 Å². The average Bonchev–Trinajstić information content (AvgIpc) is 3.39. The van der Waals surface area contributed by atoms with E-state index in [4.69, 9.17) is 0 Å². The van der Waals surface area contributed by atoms with Crippen molar-refractivity contribution in [1.82, 2.24) is 4.98 Å². The standard InChI is InChI=1S/C64H46N2/c1-2-3-4-17-53-44-61(58-22-9-10-23-60(58)64(53)59-24-13-18-49-15-5-7-20-56(49)59)51-33-31-47(32-34-51)45-27-29-46(30-28-45)48-35-39-54(40-36-48)66(63-26-14-19-50-16-6-8-21-57(50)63)55-41-37-52(38-42-55)62-25-11-12-43-65-62/h2-44H,1H3/b3-2-,17-4-. The third-order valence-electron chi connectivity index (χ3n) is 12.7. The SMILES string of the molecule is C/C=C\C=C/c1cc(-c2ccc(-c3ccc(-c4ccc(N(c5ccc(-c6ccccn6)cc5)c5cccc6ccccc56)cc4)cc3)cc2)c2ccccc2c1-c1cccc2ccccc12. The summed E-state index contributed by atoms with van der Waals surface area (Å²) in [6.45, 7) is 2.06. The molecule has 0 saturated carbocycles. The molecule has 11 aromatic rings. The van der Waals surface area contributed by atoms with Crippen molar-refractivity contribution in [1.29, 1.82) is 0 Å². The largest absolute Gasteiger partial charge is 0.310 e. The molecule has 0 saturated heterocycles. The molecule has 0 spiro atoms. The number of fused-ring (bicyclic) bond motifs is 3. The van der Waals surface area contributed by atoms with Crippen LogP contribution in [0.5, 0.6) is 0 Å². The molecule has 66 heavy (non-hydrogen) atoms. The van der Waals surface area contributed by atoms with Gasteiger partial charge in [0.25, 0.3) is 0 Å². The monoisotopic (exact) mass is 842 g/mol. The van der Waals surface area contributed by atoms with Gasteiger partial charge in [0.1, 0.15) is 0 Å². The summed E-state index contributed by atoms with van der Waals surface area (Å²) in [4.78, 5) is 6.93. The maximum absolute atomic E-state index is 4.58. The molecule has 0 unspecified atom stereocenters. The summed E-state index contributed by atoms with van der Waals surface area (Å²) in [6, 6.07) is 83.3. The molecule has 312 valence electrons. The molecular formula is C64H46N2. The van der Waals surface area contributed by atoms with E-state index in [2.05, 4.69) is 260 Å². The molecule has 0 fully saturated rings. The fraction of sp³-hybridized carbons (Fsp3) is 0.0156. The van der Waals surface area contributed by atoms with E-state index in [9.17, 15) is 0 Å². The Kier molecular flexibility index (Phi) is 10.9. The third-order valence-corrected chi connectivity index (χ3v) is 12.7. The molecule has 0 aliphatic rings. The molecule has 1 aromatic heterocycles. The Hall–Kier alpha value is -8.59. The van der Waals surface area contributed by atoms with Crippen LogP contribution in [0.25, 0.3) is 94.2 Å². The van der Waals surface area contributed by atoms with Gasteiger partial charge in [0.15, 0.2) is 0 Å². The highest BCUT2D eigenvalue weighted by atomic mass is 15.1. The van der Waals surface area contributed by atoms with Gasteiger partial charge in [0, 0.05) is 28.5 Å². The lowest BCUT2D eigenvalue weighted by Gasteiger charge is -2.27. The second kappa shape index (κ2) is 17.9. The van der Waals surface area contributed by atoms with E-state index < -0.39 is 0 Å². The van der Waals surface area contributed by atoms with Gasteiger partial charge in [0.05, 0.1) is 11.4 Å². The lowest BCUT2D eigenvalue weighted by molar-refractivity contribution is 1.29. The molecule has 0 aliphatic heterocycles. The van der Waals surface area contributed by atoms with E-state index in [1.165, 1.54) is 82.4 Å². The minimum absolute atomic E-state index is 0.962. The first-order chi connectivity index (χ1) is 32.7. The quantitative estimate of drug-likeness (QED) is 0.128. The first-order valence-electron chi connectivity index (χ1n) is 22.6. The Bertz CT molecular complexity index is 3540. The van der Waals surface area contributed by atoms with Crippen LogP contribution in [0.4, 0.5) is 17.1 Å². The zero-order chi connectivity index (χ0) is 44.2. The second-order valence-corrected chi connectivity index (χ2v) is 16.6. The van der Waals surface area contributed by atoms with Crippen molar-refractivity contribution in [3.8, 4) is 55.8 Å². The van der Waals surface area contributed by atoms with Gasteiger partial charge in [-0.1, -0.05) is 206 Å². The molecule has 2 heteroatoms. The van der Waals surface area contributed by atoms with E-state index in [1.54, 1.807) is 0 Å². The van der Waals surface area contributed by atoms with Crippen LogP contribution in [-0.2, 0) is 0 Å². The van der Waals surface area contributed by atoms with Gasteiger partial charge in [0.2, 0.25) is 0 Å². The van der Waals surface area contributed by atoms with E-state index in [0.29, 0.717) is 0 Å². The van der Waals surface area contributed by atoms with Crippen molar-refractivity contribution >= 4 is 55.5 Å². The van der Waals surface area contributed by atoms with Crippen molar-refractivity contribution in [2.24, 2.45) is 0 Å². The van der Waals surface area contributed by atoms with Crippen LogP contribution in [0.2, 0.25) is 0 Å². The lowest BCUT2D eigenvalue weighted by Crippen LogP contribution is -2.10. The molecule has 0 aliphatic carbocycles. The molecule has 0 atom stereocenters. The van der Waals surface area contributed by atoms with Crippen molar-refractivity contribution in [3.05, 3.63) is 261 Å². The predicted octanol–water partition coefficient (Wildman–Crippen LogP) is 17.9. The first kappa shape index (κ1) is 40.2. The van der Waals surface area contributed by atoms with Crippen LogP contribution in [0.3, 0.4) is 0 Å². The van der Waals surface area contributed by atoms with E-state index >= 15 is 0 Å². The highest BCUT2D eigenvalue weighted by Crippen LogP contribution is 2.43. The minimum atomic E-state index is 0.962. The molecule has 10 aromatic carbocycles. The highest BCUT2D eigenvalue weighted by Gasteiger charge is 2.18. The molecule has 0 N–H and O–H groups in total. The molecule has 0 radical (unpaired) electrons. The maximum Gasteiger partial charge on any atom is 0.0701 e. The Labute approximate surface area is 386 Å². The number of hydrogen-bond donors (Lipinski definition) is 0. The van der Waals surface area contributed by atoms with Gasteiger partial charge in [-0.25, -0.2) is 0 Å². The van der Waals surface area contributed by atoms with Crippen molar-refractivity contribution in [2.45, 2.75) is 6.92 Å². The molecule has 1 heterocycles. The van der Waals surface area contributed by atoms with Crippen LogP contribution in [0.15, 0.2) is 255 Å². The Morgan fingerprint density at radius 2 is 0.879 bits per heavy atom. The summed E-state index contributed by atoms with van der Waals surface area (Å²) < 4.78 is 0. The molecule has 0 bridgehead atoms. The number of anilines is 3. The van der Waals surface area contributed by atoms with Gasteiger partial charge >= 0.3 is 0 Å². The number of allylic oxidation sites excluding steroid dienone is 3. The summed E-state index contributed by atoms with van der Waals surface area (Å²) in [5, 5.41) is 7.40. The van der Waals surface area contributed by atoms with Gasteiger partial charge < -0.3 is 4.90 Å². The van der Waals surface area contributed by atoms with Crippen LogP contribution >= 0.6 is 0 Å². The van der Waals surface area contributed by atoms with Crippen LogP contribution in [0, 0.1) is 0 Å². The fourth-order valence-electron chi connectivity index (χ4n) is 9.43. The van der Waals surface area contributed by atoms with E-state index in [1.807, 2.05) is 18.3 Å². The third kappa shape index (κ3) is 7.76. The number of pyridine rings is 1. The zero-order valence-corrected chi connectivity index (χ0v) is 36.7. The highest BCUT2D eigenvalue weighted by molar-refractivity contribution is 6.12. The predicted molar refractivity (Wildman–Crippen MR) is 282 cm³/mol. The molecule has 11 rings (SSSR count). The summed E-state index contributed by atoms with van der Waals surface area (Å²) in [7, 11) is 0. The first-order valence-corrected chi connectivity index (χ1v) is 22.6. The average molecular weight is 843 g/mol. The van der Waals surface area contributed by atoms with Crippen molar-refractivity contribution in [3.63, 3.8) is 0 Å². The van der Waals surface area contributed by atoms with Crippen molar-refractivity contribution in [2.75, 3.05) is 4.90 Å². The number of benzene rings is 10. The minimum Gasteiger partial charge on any atom is -0.310 e. The lowest BCUT2D eigenvalue weighted by atomic mass is 9.86. The molecule has 0 amide bonds. The molecule has 2 nitrogen and oxygen atoms in total. The number of hydrogen-bond acceptors (Lipinski definition) is 2. The smallest absolute Gasteiger partial charge is 0.0701 e. The van der Waals surface area contributed by atoms with Crippen molar-refractivity contribution < 1.29 is 0 Å². The Morgan fingerprint density at radius 1 is 0.379 bits per heavy atom. The number of nitrogens with zero attached hydrogens (tertiary/aromatic N) is 2. The maximum atomic E-state index is 4.58. The Balaban J connectivity index is 0.895. The zero-order valence-electron chi connectivity index (χ0n) is 36.7. The summed E-state index contributed by atoms with van der Waals surface area (Å²) in [5.41, 5.74) is 16.2. The van der Waals surface area contributed by atoms with Gasteiger partial charge in [-0.2, -0.15) is 0 Å². The van der Waals surface area contributed by atoms with Crippen LogP contribution in [0.1, 0.15) is 12.5 Å². The number of aromatic nitrogens is 1. The van der Waals surface area contributed by atoms with E-state index in [0.717, 1.165) is 28.3 Å². The second-order valence-electron chi connectivity index (χ2n) is 16.6. The fourth-order valence-corrected chi connectivity index (χ4v) is 9.43. The summed E-state index contributed by atoms with van der Waals surface area (Å²) in [6.07, 6.45) is 10.4. The van der Waals surface area contributed by atoms with E-state index in [-0.39, 0.29) is 0 Å². The van der Waals surface area contributed by atoms with Gasteiger partial charge in [-0.05, 0) is 132 Å². The Morgan fingerprint density at radius 3 is 1.50 bits per heavy atom. The van der Waals surface area contributed by atoms with Crippen LogP contribution < -0.4 is 4.90 Å².